The van der Waals surface area contributed by atoms with E-state index >= 15 is 0 Å². The number of alkyl halides is 3. The molecular weight excluding hydrogens is 383 g/mol. The zero-order chi connectivity index (χ0) is 20.2. The SMILES string of the molecule is Cc1cc(CN=C(N)Nc2ccc(OC(F)(F)F)cc2)ccc1S(C)(=O)=O. The number of halogens is 3. The molecule has 0 aliphatic rings. The Morgan fingerprint density at radius 2 is 1.81 bits per heavy atom. The standard InChI is InChI=1S/C17H18F3N3O3S/c1-11-9-12(3-8-15(11)27(2,24)25)10-22-16(21)23-13-4-6-14(7-5-13)26-17(18,19)20/h3-9H,10H2,1-2H3,(H3,21,22,23). The quantitative estimate of drug-likeness (QED) is 0.593. The Bertz CT molecular complexity index is 940. The Kier molecular flexibility index (Phi) is 5.99. The predicted octanol–water partition coefficient (Wildman–Crippen LogP) is 3.22. The zero-order valence-electron chi connectivity index (χ0n) is 14.5. The van der Waals surface area contributed by atoms with Gasteiger partial charge in [0.05, 0.1) is 11.4 Å². The van der Waals surface area contributed by atoms with Crippen LogP contribution < -0.4 is 15.8 Å². The third-order valence-electron chi connectivity index (χ3n) is 3.43. The molecule has 0 unspecified atom stereocenters. The molecule has 10 heteroatoms. The van der Waals surface area contributed by atoms with Gasteiger partial charge in [0.1, 0.15) is 5.75 Å². The highest BCUT2D eigenvalue weighted by Gasteiger charge is 2.30. The summed E-state index contributed by atoms with van der Waals surface area (Å²) in [5.74, 6) is -0.283. The van der Waals surface area contributed by atoms with Crippen molar-refractivity contribution in [3.05, 3.63) is 53.6 Å². The summed E-state index contributed by atoms with van der Waals surface area (Å²) < 4.78 is 63.4. The highest BCUT2D eigenvalue weighted by atomic mass is 32.2. The molecule has 2 aromatic carbocycles. The third kappa shape index (κ3) is 6.48. The normalized spacial score (nSPS) is 12.7. The van der Waals surface area contributed by atoms with Crippen LogP contribution in [-0.4, -0.2) is 27.0 Å². The largest absolute Gasteiger partial charge is 0.573 e. The molecule has 0 aromatic heterocycles. The lowest BCUT2D eigenvalue weighted by Crippen LogP contribution is -2.22. The van der Waals surface area contributed by atoms with Crippen molar-refractivity contribution in [2.45, 2.75) is 24.7 Å². The van der Waals surface area contributed by atoms with E-state index < -0.39 is 16.2 Å². The van der Waals surface area contributed by atoms with Gasteiger partial charge in [-0.2, -0.15) is 0 Å². The first-order chi connectivity index (χ1) is 12.4. The van der Waals surface area contributed by atoms with E-state index in [1.165, 1.54) is 18.2 Å². The Morgan fingerprint density at radius 3 is 2.33 bits per heavy atom. The molecule has 0 heterocycles. The van der Waals surface area contributed by atoms with Gasteiger partial charge in [-0.3, -0.25) is 0 Å². The van der Waals surface area contributed by atoms with Crippen LogP contribution in [-0.2, 0) is 16.4 Å². The van der Waals surface area contributed by atoms with E-state index in [9.17, 15) is 21.6 Å². The van der Waals surface area contributed by atoms with Crippen molar-refractivity contribution in [1.82, 2.24) is 0 Å². The van der Waals surface area contributed by atoms with E-state index in [1.54, 1.807) is 19.1 Å². The van der Waals surface area contributed by atoms with Crippen molar-refractivity contribution in [2.24, 2.45) is 10.7 Å². The van der Waals surface area contributed by atoms with E-state index in [2.05, 4.69) is 15.0 Å². The maximum Gasteiger partial charge on any atom is 0.573 e. The fourth-order valence-corrected chi connectivity index (χ4v) is 3.29. The first-order valence-electron chi connectivity index (χ1n) is 7.66. The number of sulfone groups is 1. The second-order valence-corrected chi connectivity index (χ2v) is 7.75. The van der Waals surface area contributed by atoms with E-state index in [0.29, 0.717) is 11.3 Å². The number of hydrogen-bond donors (Lipinski definition) is 2. The molecular formula is C17H18F3N3O3S. The number of aryl methyl sites for hydroxylation is 1. The number of hydrogen-bond acceptors (Lipinski definition) is 4. The van der Waals surface area contributed by atoms with Gasteiger partial charge in [-0.25, -0.2) is 13.4 Å². The first kappa shape index (κ1) is 20.6. The molecule has 2 aromatic rings. The summed E-state index contributed by atoms with van der Waals surface area (Å²) in [7, 11) is -3.29. The average molecular weight is 401 g/mol. The van der Waals surface area contributed by atoms with Crippen LogP contribution in [0.1, 0.15) is 11.1 Å². The summed E-state index contributed by atoms with van der Waals surface area (Å²) in [6.45, 7) is 1.90. The molecule has 146 valence electrons. The lowest BCUT2D eigenvalue weighted by atomic mass is 10.1. The molecule has 27 heavy (non-hydrogen) atoms. The zero-order valence-corrected chi connectivity index (χ0v) is 15.4. The van der Waals surface area contributed by atoms with Crippen molar-refractivity contribution in [1.29, 1.82) is 0 Å². The van der Waals surface area contributed by atoms with E-state index in [-0.39, 0.29) is 23.1 Å². The van der Waals surface area contributed by atoms with Gasteiger partial charge in [0.15, 0.2) is 15.8 Å². The summed E-state index contributed by atoms with van der Waals surface area (Å²) in [5, 5.41) is 2.75. The minimum absolute atomic E-state index is 0.0596. The van der Waals surface area contributed by atoms with Crippen molar-refractivity contribution in [3.63, 3.8) is 0 Å². The van der Waals surface area contributed by atoms with Crippen molar-refractivity contribution in [2.75, 3.05) is 11.6 Å². The summed E-state index contributed by atoms with van der Waals surface area (Å²) in [5.41, 5.74) is 7.57. The number of guanidine groups is 1. The first-order valence-corrected chi connectivity index (χ1v) is 9.55. The van der Waals surface area contributed by atoms with Gasteiger partial charge in [0.25, 0.3) is 0 Å². The van der Waals surface area contributed by atoms with Gasteiger partial charge in [0, 0.05) is 11.9 Å². The molecule has 0 radical (unpaired) electrons. The second kappa shape index (κ2) is 7.87. The number of nitrogens with two attached hydrogens (primary N) is 1. The van der Waals surface area contributed by atoms with Crippen molar-refractivity contribution in [3.8, 4) is 5.75 Å². The number of rotatable bonds is 5. The van der Waals surface area contributed by atoms with Gasteiger partial charge in [-0.15, -0.1) is 13.2 Å². The number of ether oxygens (including phenoxy) is 1. The third-order valence-corrected chi connectivity index (χ3v) is 4.69. The fraction of sp³-hybridized carbons (Fsp3) is 0.235. The molecule has 0 saturated carbocycles. The minimum atomic E-state index is -4.75. The molecule has 6 nitrogen and oxygen atoms in total. The Hall–Kier alpha value is -2.75. The summed E-state index contributed by atoms with van der Waals surface area (Å²) in [6, 6.07) is 9.90. The van der Waals surface area contributed by atoms with E-state index in [1.807, 2.05) is 0 Å². The van der Waals surface area contributed by atoms with Crippen LogP contribution in [0.5, 0.6) is 5.75 Å². The second-order valence-electron chi connectivity index (χ2n) is 5.77. The van der Waals surface area contributed by atoms with Gasteiger partial charge in [-0.1, -0.05) is 12.1 Å². The number of nitrogens with one attached hydrogen (secondary N) is 1. The van der Waals surface area contributed by atoms with Crippen LogP contribution in [0.4, 0.5) is 18.9 Å². The van der Waals surface area contributed by atoms with Crippen molar-refractivity contribution < 1.29 is 26.3 Å². The van der Waals surface area contributed by atoms with Gasteiger partial charge in [0.2, 0.25) is 0 Å². The molecule has 0 fully saturated rings. The van der Waals surface area contributed by atoms with Crippen LogP contribution in [0.3, 0.4) is 0 Å². The van der Waals surface area contributed by atoms with Crippen LogP contribution >= 0.6 is 0 Å². The predicted molar refractivity (Wildman–Crippen MR) is 96.4 cm³/mol. The molecule has 0 bridgehead atoms. The van der Waals surface area contributed by atoms with Crippen LogP contribution in [0.15, 0.2) is 52.4 Å². The molecule has 0 saturated heterocycles. The number of anilines is 1. The molecule has 0 aliphatic heterocycles. The van der Waals surface area contributed by atoms with Crippen molar-refractivity contribution >= 4 is 21.5 Å². The fourth-order valence-electron chi connectivity index (χ4n) is 2.33. The summed E-state index contributed by atoms with van der Waals surface area (Å²) in [6.07, 6.45) is -3.61. The van der Waals surface area contributed by atoms with Gasteiger partial charge >= 0.3 is 6.36 Å². The van der Waals surface area contributed by atoms with Crippen LogP contribution in [0.2, 0.25) is 0 Å². The summed E-state index contributed by atoms with van der Waals surface area (Å²) in [4.78, 5) is 4.38. The Morgan fingerprint density at radius 1 is 1.19 bits per heavy atom. The number of nitrogens with zero attached hydrogens (tertiary/aromatic N) is 1. The number of benzene rings is 2. The van der Waals surface area contributed by atoms with Crippen LogP contribution in [0.25, 0.3) is 0 Å². The Labute approximate surface area is 154 Å². The monoisotopic (exact) mass is 401 g/mol. The number of aliphatic imine (C=N–C) groups is 1. The highest BCUT2D eigenvalue weighted by molar-refractivity contribution is 7.90. The van der Waals surface area contributed by atoms with Gasteiger partial charge < -0.3 is 15.8 Å². The maximum atomic E-state index is 12.1. The lowest BCUT2D eigenvalue weighted by Gasteiger charge is -2.10. The molecule has 0 spiro atoms. The molecule has 0 aliphatic carbocycles. The smallest absolute Gasteiger partial charge is 0.406 e. The molecule has 0 atom stereocenters. The minimum Gasteiger partial charge on any atom is -0.406 e. The van der Waals surface area contributed by atoms with Gasteiger partial charge in [-0.05, 0) is 48.4 Å². The highest BCUT2D eigenvalue weighted by Crippen LogP contribution is 2.24. The molecule has 3 N–H and O–H groups in total. The lowest BCUT2D eigenvalue weighted by molar-refractivity contribution is -0.274. The molecule has 0 amide bonds. The average Bonchev–Trinajstić information content (AvgIpc) is 2.52. The molecule has 2 rings (SSSR count). The Balaban J connectivity index is 2.01. The summed E-state index contributed by atoms with van der Waals surface area (Å²) >= 11 is 0. The van der Waals surface area contributed by atoms with E-state index in [0.717, 1.165) is 24.0 Å². The van der Waals surface area contributed by atoms with Crippen LogP contribution in [0, 0.1) is 6.92 Å². The van der Waals surface area contributed by atoms with E-state index in [4.69, 9.17) is 5.73 Å². The topological polar surface area (TPSA) is 93.8 Å². The maximum absolute atomic E-state index is 12.1.